The molecule has 0 bridgehead atoms. The number of rotatable bonds is 8. The van der Waals surface area contributed by atoms with Crippen molar-refractivity contribution in [2.45, 2.75) is 47.1 Å². The molecule has 0 saturated heterocycles. The van der Waals surface area contributed by atoms with Crippen molar-refractivity contribution in [2.24, 2.45) is 17.1 Å². The second-order valence-electron chi connectivity index (χ2n) is 5.89. The molecule has 18 heavy (non-hydrogen) atoms. The first-order valence-electron chi connectivity index (χ1n) is 6.81. The molecule has 4 heteroatoms. The van der Waals surface area contributed by atoms with Crippen LogP contribution in [0.5, 0.6) is 0 Å². The van der Waals surface area contributed by atoms with Crippen molar-refractivity contribution in [3.8, 4) is 0 Å². The lowest BCUT2D eigenvalue weighted by molar-refractivity contribution is -0.147. The van der Waals surface area contributed by atoms with E-state index in [1.165, 1.54) is 7.11 Å². The summed E-state index contributed by atoms with van der Waals surface area (Å²) in [6, 6.07) is 0.170. The van der Waals surface area contributed by atoms with Gasteiger partial charge in [-0.05, 0) is 31.8 Å². The largest absolute Gasteiger partial charge is 0.469 e. The maximum absolute atomic E-state index is 11.6. The molecule has 0 amide bonds. The van der Waals surface area contributed by atoms with E-state index in [1.54, 1.807) is 0 Å². The molecule has 0 aromatic heterocycles. The normalized spacial score (nSPS) is 15.6. The summed E-state index contributed by atoms with van der Waals surface area (Å²) in [5.41, 5.74) is 5.86. The van der Waals surface area contributed by atoms with Crippen LogP contribution in [0.1, 0.15) is 41.0 Å². The summed E-state index contributed by atoms with van der Waals surface area (Å²) >= 11 is 0. The van der Waals surface area contributed by atoms with Crippen molar-refractivity contribution in [3.63, 3.8) is 0 Å². The summed E-state index contributed by atoms with van der Waals surface area (Å²) in [7, 11) is 1.44. The van der Waals surface area contributed by atoms with Crippen molar-refractivity contribution in [2.75, 3.05) is 26.7 Å². The first-order valence-corrected chi connectivity index (χ1v) is 6.81. The minimum Gasteiger partial charge on any atom is -0.469 e. The van der Waals surface area contributed by atoms with Gasteiger partial charge in [-0.15, -0.1) is 0 Å². The Balaban J connectivity index is 4.72. The van der Waals surface area contributed by atoms with Gasteiger partial charge in [-0.3, -0.25) is 9.69 Å². The number of carbonyl (C=O) groups is 1. The average Bonchev–Trinajstić information content (AvgIpc) is 2.35. The van der Waals surface area contributed by atoms with Crippen LogP contribution < -0.4 is 5.73 Å². The fraction of sp³-hybridized carbons (Fsp3) is 0.929. The Labute approximate surface area is 112 Å². The van der Waals surface area contributed by atoms with Crippen molar-refractivity contribution in [3.05, 3.63) is 0 Å². The molecule has 0 spiro atoms. The fourth-order valence-electron chi connectivity index (χ4n) is 2.03. The van der Waals surface area contributed by atoms with Crippen LogP contribution in [0.3, 0.4) is 0 Å². The average molecular weight is 258 g/mol. The number of hydrogen-bond donors (Lipinski definition) is 1. The number of methoxy groups -OCH3 is 1. The van der Waals surface area contributed by atoms with E-state index in [9.17, 15) is 4.79 Å². The molecule has 0 aromatic rings. The lowest BCUT2D eigenvalue weighted by atomic mass is 9.91. The molecule has 2 atom stereocenters. The van der Waals surface area contributed by atoms with Gasteiger partial charge in [0.15, 0.2) is 0 Å². The lowest BCUT2D eigenvalue weighted by Gasteiger charge is -2.37. The molecule has 108 valence electrons. The molecule has 0 aliphatic carbocycles. The highest BCUT2D eigenvalue weighted by Gasteiger charge is 2.29. The molecule has 0 heterocycles. The van der Waals surface area contributed by atoms with Crippen molar-refractivity contribution in [1.82, 2.24) is 4.90 Å². The Morgan fingerprint density at radius 3 is 2.33 bits per heavy atom. The van der Waals surface area contributed by atoms with Crippen LogP contribution in [0, 0.1) is 11.3 Å². The van der Waals surface area contributed by atoms with Crippen LogP contribution in [-0.2, 0) is 9.53 Å². The summed E-state index contributed by atoms with van der Waals surface area (Å²) < 4.78 is 4.83. The molecule has 0 radical (unpaired) electrons. The monoisotopic (exact) mass is 258 g/mol. The lowest BCUT2D eigenvalue weighted by Crippen LogP contribution is -2.47. The molecule has 4 nitrogen and oxygen atoms in total. The predicted molar refractivity (Wildman–Crippen MR) is 75.3 cm³/mol. The smallest absolute Gasteiger partial charge is 0.309 e. The van der Waals surface area contributed by atoms with Gasteiger partial charge < -0.3 is 10.5 Å². The van der Waals surface area contributed by atoms with Gasteiger partial charge in [0.2, 0.25) is 0 Å². The second kappa shape index (κ2) is 7.74. The van der Waals surface area contributed by atoms with Crippen molar-refractivity contribution in [1.29, 1.82) is 0 Å². The van der Waals surface area contributed by atoms with Crippen LogP contribution >= 0.6 is 0 Å². The van der Waals surface area contributed by atoms with Gasteiger partial charge in [0.25, 0.3) is 0 Å². The van der Waals surface area contributed by atoms with Crippen molar-refractivity contribution < 1.29 is 9.53 Å². The van der Waals surface area contributed by atoms with E-state index >= 15 is 0 Å². The van der Waals surface area contributed by atoms with Crippen LogP contribution in [-0.4, -0.2) is 43.7 Å². The number of esters is 1. The Bertz CT molecular complexity index is 254. The zero-order valence-electron chi connectivity index (χ0n) is 12.8. The van der Waals surface area contributed by atoms with Crippen LogP contribution in [0.2, 0.25) is 0 Å². The number of carbonyl (C=O) groups excluding carboxylic acids is 1. The predicted octanol–water partition coefficient (Wildman–Crippen LogP) is 1.88. The Morgan fingerprint density at radius 2 is 1.94 bits per heavy atom. The first kappa shape index (κ1) is 17.4. The SMILES string of the molecule is CCCN(CC(C)(C)CN)C(C)C(C)C(=O)OC. The molecule has 0 aliphatic heterocycles. The number of nitrogens with two attached hydrogens (primary N) is 1. The second-order valence-corrected chi connectivity index (χ2v) is 5.89. The molecule has 0 saturated carbocycles. The third kappa shape index (κ3) is 5.36. The highest BCUT2D eigenvalue weighted by Crippen LogP contribution is 2.20. The third-order valence-corrected chi connectivity index (χ3v) is 3.57. The Hall–Kier alpha value is -0.610. The number of nitrogens with zero attached hydrogens (tertiary/aromatic N) is 1. The van der Waals surface area contributed by atoms with E-state index in [1.807, 2.05) is 6.92 Å². The van der Waals surface area contributed by atoms with Gasteiger partial charge in [-0.25, -0.2) is 0 Å². The summed E-state index contributed by atoms with van der Waals surface area (Å²) in [6.07, 6.45) is 1.07. The Morgan fingerprint density at radius 1 is 1.39 bits per heavy atom. The Kier molecular flexibility index (Phi) is 7.48. The van der Waals surface area contributed by atoms with Gasteiger partial charge in [-0.2, -0.15) is 0 Å². The highest BCUT2D eigenvalue weighted by atomic mass is 16.5. The van der Waals surface area contributed by atoms with E-state index < -0.39 is 0 Å². The third-order valence-electron chi connectivity index (χ3n) is 3.57. The molecule has 0 aliphatic rings. The minimum atomic E-state index is -0.144. The maximum atomic E-state index is 11.6. The molecular formula is C14H30N2O2. The molecule has 2 unspecified atom stereocenters. The van der Waals surface area contributed by atoms with E-state index in [2.05, 4.69) is 32.6 Å². The van der Waals surface area contributed by atoms with Crippen molar-refractivity contribution >= 4 is 5.97 Å². The molecule has 2 N–H and O–H groups in total. The van der Waals surface area contributed by atoms with Crippen LogP contribution in [0.15, 0.2) is 0 Å². The maximum Gasteiger partial charge on any atom is 0.309 e. The van der Waals surface area contributed by atoms with Gasteiger partial charge >= 0.3 is 5.97 Å². The first-order chi connectivity index (χ1) is 8.29. The van der Waals surface area contributed by atoms with E-state index in [0.29, 0.717) is 6.54 Å². The summed E-state index contributed by atoms with van der Waals surface area (Å²) in [6.45, 7) is 13.0. The summed E-state index contributed by atoms with van der Waals surface area (Å²) in [5.74, 6) is -0.260. The summed E-state index contributed by atoms with van der Waals surface area (Å²) in [4.78, 5) is 14.0. The van der Waals surface area contributed by atoms with E-state index in [-0.39, 0.29) is 23.3 Å². The van der Waals surface area contributed by atoms with Crippen LogP contribution in [0.4, 0.5) is 0 Å². The quantitative estimate of drug-likeness (QED) is 0.675. The number of hydrogen-bond acceptors (Lipinski definition) is 4. The highest BCUT2D eigenvalue weighted by molar-refractivity contribution is 5.72. The zero-order chi connectivity index (χ0) is 14.3. The number of ether oxygens (including phenoxy) is 1. The van der Waals surface area contributed by atoms with Gasteiger partial charge in [-0.1, -0.05) is 27.7 Å². The topological polar surface area (TPSA) is 55.6 Å². The van der Waals surface area contributed by atoms with Gasteiger partial charge in [0.05, 0.1) is 13.0 Å². The van der Waals surface area contributed by atoms with E-state index in [0.717, 1.165) is 19.5 Å². The molecule has 0 fully saturated rings. The minimum absolute atomic E-state index is 0.0687. The molecular weight excluding hydrogens is 228 g/mol. The van der Waals surface area contributed by atoms with Crippen LogP contribution in [0.25, 0.3) is 0 Å². The molecule has 0 aromatic carbocycles. The summed E-state index contributed by atoms with van der Waals surface area (Å²) in [5, 5.41) is 0. The van der Waals surface area contributed by atoms with Gasteiger partial charge in [0.1, 0.15) is 0 Å². The standard InChI is InChI=1S/C14H30N2O2/c1-7-8-16(10-14(4,5)9-15)12(3)11(2)13(17)18-6/h11-12H,7-10,15H2,1-6H3. The molecule has 0 rings (SSSR count). The zero-order valence-corrected chi connectivity index (χ0v) is 12.8. The van der Waals surface area contributed by atoms with E-state index in [4.69, 9.17) is 10.5 Å². The van der Waals surface area contributed by atoms with Gasteiger partial charge in [0, 0.05) is 12.6 Å². The fourth-order valence-corrected chi connectivity index (χ4v) is 2.03.